The summed E-state index contributed by atoms with van der Waals surface area (Å²) >= 11 is 7.98. The number of carbonyl (C=O) groups excluding carboxylic acids is 1. The highest BCUT2D eigenvalue weighted by Gasteiger charge is 2.30. The SMILES string of the molecule is CCNc1ccc(Cl)c(C(=O)NCC2(C)CCCS2)n1. The number of anilines is 1. The second-order valence-corrected chi connectivity index (χ2v) is 7.23. The van der Waals surface area contributed by atoms with Gasteiger partial charge < -0.3 is 10.6 Å². The van der Waals surface area contributed by atoms with E-state index in [9.17, 15) is 4.79 Å². The van der Waals surface area contributed by atoms with Gasteiger partial charge in [0.25, 0.3) is 5.91 Å². The van der Waals surface area contributed by atoms with Gasteiger partial charge >= 0.3 is 0 Å². The van der Waals surface area contributed by atoms with Crippen LogP contribution in [-0.2, 0) is 0 Å². The Kier molecular flexibility index (Phi) is 5.16. The van der Waals surface area contributed by atoms with E-state index in [1.54, 1.807) is 12.1 Å². The lowest BCUT2D eigenvalue weighted by Gasteiger charge is -2.22. The van der Waals surface area contributed by atoms with Gasteiger partial charge in [0, 0.05) is 17.8 Å². The summed E-state index contributed by atoms with van der Waals surface area (Å²) in [5, 5.41) is 6.42. The molecule has 2 rings (SSSR count). The molecule has 1 atom stereocenters. The van der Waals surface area contributed by atoms with E-state index in [1.807, 2.05) is 18.7 Å². The predicted octanol–water partition coefficient (Wildman–Crippen LogP) is 3.18. The van der Waals surface area contributed by atoms with E-state index in [1.165, 1.54) is 12.2 Å². The summed E-state index contributed by atoms with van der Waals surface area (Å²) < 4.78 is 0.140. The van der Waals surface area contributed by atoms with Crippen molar-refractivity contribution in [2.45, 2.75) is 31.4 Å². The first-order valence-corrected chi connectivity index (χ1v) is 8.23. The zero-order chi connectivity index (χ0) is 14.6. The third kappa shape index (κ3) is 3.79. The first-order chi connectivity index (χ1) is 9.54. The van der Waals surface area contributed by atoms with Gasteiger partial charge in [0.15, 0.2) is 0 Å². The zero-order valence-electron chi connectivity index (χ0n) is 11.8. The van der Waals surface area contributed by atoms with E-state index in [0.29, 0.717) is 17.4 Å². The number of thioether (sulfide) groups is 1. The quantitative estimate of drug-likeness (QED) is 0.876. The molecule has 0 radical (unpaired) electrons. The van der Waals surface area contributed by atoms with Crippen LogP contribution in [0, 0.1) is 0 Å². The molecule has 20 heavy (non-hydrogen) atoms. The fraction of sp³-hybridized carbons (Fsp3) is 0.571. The lowest BCUT2D eigenvalue weighted by atomic mass is 10.1. The number of halogens is 1. The molecule has 4 nitrogen and oxygen atoms in total. The Hall–Kier alpha value is -0.940. The standard InChI is InChI=1S/C14H20ClN3OS/c1-3-16-11-6-5-10(15)12(18-11)13(19)17-9-14(2)7-4-8-20-14/h5-6H,3-4,7-9H2,1-2H3,(H,16,18)(H,17,19). The van der Waals surface area contributed by atoms with Crippen LogP contribution in [0.4, 0.5) is 5.82 Å². The van der Waals surface area contributed by atoms with Crippen LogP contribution in [0.2, 0.25) is 5.02 Å². The molecule has 1 unspecified atom stereocenters. The van der Waals surface area contributed by atoms with Gasteiger partial charge in [-0.2, -0.15) is 11.8 Å². The number of nitrogens with zero attached hydrogens (tertiary/aromatic N) is 1. The fourth-order valence-electron chi connectivity index (χ4n) is 2.21. The monoisotopic (exact) mass is 313 g/mol. The maximum absolute atomic E-state index is 12.2. The number of aromatic nitrogens is 1. The summed E-state index contributed by atoms with van der Waals surface area (Å²) in [6, 6.07) is 3.48. The summed E-state index contributed by atoms with van der Waals surface area (Å²) in [5.74, 6) is 1.63. The molecule has 1 fully saturated rings. The number of rotatable bonds is 5. The Labute approximate surface area is 129 Å². The summed E-state index contributed by atoms with van der Waals surface area (Å²) in [6.07, 6.45) is 2.35. The van der Waals surface area contributed by atoms with Gasteiger partial charge in [0.05, 0.1) is 5.02 Å². The highest BCUT2D eigenvalue weighted by Crippen LogP contribution is 2.37. The predicted molar refractivity (Wildman–Crippen MR) is 85.8 cm³/mol. The molecule has 0 aliphatic carbocycles. The van der Waals surface area contributed by atoms with Crippen LogP contribution in [-0.4, -0.2) is 34.5 Å². The molecule has 2 heterocycles. The van der Waals surface area contributed by atoms with Gasteiger partial charge in [-0.3, -0.25) is 4.79 Å². The second kappa shape index (κ2) is 6.68. The summed E-state index contributed by atoms with van der Waals surface area (Å²) in [6.45, 7) is 5.58. The molecule has 6 heteroatoms. The Morgan fingerprint density at radius 3 is 3.00 bits per heavy atom. The van der Waals surface area contributed by atoms with Crippen molar-refractivity contribution in [3.8, 4) is 0 Å². The first-order valence-electron chi connectivity index (χ1n) is 6.87. The fourth-order valence-corrected chi connectivity index (χ4v) is 3.64. The molecule has 1 aromatic rings. The molecule has 1 aliphatic heterocycles. The zero-order valence-corrected chi connectivity index (χ0v) is 13.4. The molecule has 0 aromatic carbocycles. The molecule has 2 N–H and O–H groups in total. The van der Waals surface area contributed by atoms with E-state index < -0.39 is 0 Å². The topological polar surface area (TPSA) is 54.0 Å². The van der Waals surface area contributed by atoms with E-state index in [-0.39, 0.29) is 16.3 Å². The maximum Gasteiger partial charge on any atom is 0.271 e. The minimum atomic E-state index is -0.205. The molecule has 110 valence electrons. The molecule has 0 spiro atoms. The number of pyridine rings is 1. The van der Waals surface area contributed by atoms with E-state index >= 15 is 0 Å². The average Bonchev–Trinajstić information content (AvgIpc) is 2.86. The third-order valence-electron chi connectivity index (χ3n) is 3.34. The number of amides is 1. The summed E-state index contributed by atoms with van der Waals surface area (Å²) in [5.41, 5.74) is 0.289. The molecule has 1 aromatic heterocycles. The van der Waals surface area contributed by atoms with E-state index in [4.69, 9.17) is 11.6 Å². The smallest absolute Gasteiger partial charge is 0.271 e. The maximum atomic E-state index is 12.2. The van der Waals surface area contributed by atoms with Gasteiger partial charge in [0.2, 0.25) is 0 Å². The Morgan fingerprint density at radius 1 is 1.55 bits per heavy atom. The molecular weight excluding hydrogens is 294 g/mol. The lowest BCUT2D eigenvalue weighted by molar-refractivity contribution is 0.0945. The minimum absolute atomic E-state index is 0.140. The van der Waals surface area contributed by atoms with Crippen molar-refractivity contribution >= 4 is 35.1 Å². The van der Waals surface area contributed by atoms with Crippen LogP contribution in [0.5, 0.6) is 0 Å². The van der Waals surface area contributed by atoms with Crippen molar-refractivity contribution in [1.29, 1.82) is 0 Å². The van der Waals surface area contributed by atoms with Crippen molar-refractivity contribution in [2.24, 2.45) is 0 Å². The number of nitrogens with one attached hydrogen (secondary N) is 2. The van der Waals surface area contributed by atoms with Gasteiger partial charge in [-0.15, -0.1) is 0 Å². The molecule has 1 aliphatic rings. The first kappa shape index (κ1) is 15.4. The number of hydrogen-bond acceptors (Lipinski definition) is 4. The van der Waals surface area contributed by atoms with E-state index in [0.717, 1.165) is 13.0 Å². The van der Waals surface area contributed by atoms with E-state index in [2.05, 4.69) is 22.5 Å². The number of hydrogen-bond donors (Lipinski definition) is 2. The van der Waals surface area contributed by atoms with Crippen molar-refractivity contribution < 1.29 is 4.79 Å². The van der Waals surface area contributed by atoms with Crippen molar-refractivity contribution in [2.75, 3.05) is 24.2 Å². The minimum Gasteiger partial charge on any atom is -0.370 e. The van der Waals surface area contributed by atoms with Crippen LogP contribution in [0.25, 0.3) is 0 Å². The second-order valence-electron chi connectivity index (χ2n) is 5.14. The van der Waals surface area contributed by atoms with Crippen LogP contribution in [0.3, 0.4) is 0 Å². The van der Waals surface area contributed by atoms with Crippen LogP contribution >= 0.6 is 23.4 Å². The molecule has 1 amide bonds. The third-order valence-corrected chi connectivity index (χ3v) is 5.19. The Balaban J connectivity index is 2.02. The largest absolute Gasteiger partial charge is 0.370 e. The lowest BCUT2D eigenvalue weighted by Crippen LogP contribution is -2.37. The van der Waals surface area contributed by atoms with Crippen molar-refractivity contribution in [1.82, 2.24) is 10.3 Å². The van der Waals surface area contributed by atoms with Crippen LogP contribution < -0.4 is 10.6 Å². The number of carbonyl (C=O) groups is 1. The average molecular weight is 314 g/mol. The molecule has 1 saturated heterocycles. The molecule has 0 bridgehead atoms. The van der Waals surface area contributed by atoms with Gasteiger partial charge in [-0.05, 0) is 44.6 Å². The Morgan fingerprint density at radius 2 is 2.35 bits per heavy atom. The van der Waals surface area contributed by atoms with Crippen LogP contribution in [0.15, 0.2) is 12.1 Å². The molecule has 0 saturated carbocycles. The highest BCUT2D eigenvalue weighted by atomic mass is 35.5. The summed E-state index contributed by atoms with van der Waals surface area (Å²) in [4.78, 5) is 16.5. The normalized spacial score (nSPS) is 21.8. The summed E-state index contributed by atoms with van der Waals surface area (Å²) in [7, 11) is 0. The van der Waals surface area contributed by atoms with Gasteiger partial charge in [0.1, 0.15) is 11.5 Å². The van der Waals surface area contributed by atoms with Crippen LogP contribution in [0.1, 0.15) is 37.2 Å². The Bertz CT molecular complexity index is 489. The molecular formula is C14H20ClN3OS. The van der Waals surface area contributed by atoms with Gasteiger partial charge in [-0.1, -0.05) is 11.6 Å². The van der Waals surface area contributed by atoms with Crippen molar-refractivity contribution in [3.05, 3.63) is 22.8 Å². The van der Waals surface area contributed by atoms with Gasteiger partial charge in [-0.25, -0.2) is 4.98 Å². The van der Waals surface area contributed by atoms with Crippen molar-refractivity contribution in [3.63, 3.8) is 0 Å². The highest BCUT2D eigenvalue weighted by molar-refractivity contribution is 8.00.